The smallest absolute Gasteiger partial charge is 0.244 e. The van der Waals surface area contributed by atoms with Crippen molar-refractivity contribution in [3.8, 4) is 17.5 Å². The van der Waals surface area contributed by atoms with E-state index in [1.165, 1.54) is 0 Å². The van der Waals surface area contributed by atoms with Crippen LogP contribution in [0.3, 0.4) is 0 Å². The van der Waals surface area contributed by atoms with Gasteiger partial charge in [-0.05, 0) is 42.5 Å². The molecule has 4 heterocycles. The third-order valence-electron chi connectivity index (χ3n) is 7.28. The first-order valence-corrected chi connectivity index (χ1v) is 10.9. The number of tetrazole rings is 1. The number of rotatable bonds is 5. The molecule has 11 heteroatoms. The van der Waals surface area contributed by atoms with Gasteiger partial charge in [0.25, 0.3) is 0 Å². The Bertz CT molecular complexity index is 1110. The highest BCUT2D eigenvalue weighted by molar-refractivity contribution is 6.04. The summed E-state index contributed by atoms with van der Waals surface area (Å²) in [4.78, 5) is 31.8. The quantitative estimate of drug-likeness (QED) is 0.641. The van der Waals surface area contributed by atoms with Crippen molar-refractivity contribution < 1.29 is 9.59 Å². The van der Waals surface area contributed by atoms with Gasteiger partial charge >= 0.3 is 0 Å². The Labute approximate surface area is 184 Å². The summed E-state index contributed by atoms with van der Waals surface area (Å²) < 4.78 is 0. The topological polar surface area (TPSA) is 148 Å². The van der Waals surface area contributed by atoms with Crippen LogP contribution in [0.25, 0.3) is 11.4 Å². The van der Waals surface area contributed by atoms with Crippen molar-refractivity contribution >= 4 is 17.5 Å². The van der Waals surface area contributed by atoms with Gasteiger partial charge in [0.15, 0.2) is 0 Å². The van der Waals surface area contributed by atoms with Crippen molar-refractivity contribution in [2.75, 3.05) is 18.0 Å². The number of H-pyrrole nitrogens is 1. The van der Waals surface area contributed by atoms with E-state index in [4.69, 9.17) is 5.73 Å². The summed E-state index contributed by atoms with van der Waals surface area (Å²) in [6.45, 7) is 0.962. The number of likely N-dealkylation sites (tertiary alicyclic amines) is 2. The number of nitriles is 1. The summed E-state index contributed by atoms with van der Waals surface area (Å²) in [6, 6.07) is 8.52. The van der Waals surface area contributed by atoms with Gasteiger partial charge in [0.05, 0.1) is 29.9 Å². The summed E-state index contributed by atoms with van der Waals surface area (Å²) in [7, 11) is 0. The number of nitrogens with two attached hydrogens (primary N) is 1. The van der Waals surface area contributed by atoms with Crippen LogP contribution in [-0.4, -0.2) is 85.5 Å². The fourth-order valence-corrected chi connectivity index (χ4v) is 5.74. The molecule has 4 aliphatic rings. The molecule has 2 bridgehead atoms. The van der Waals surface area contributed by atoms with Gasteiger partial charge in [-0.3, -0.25) is 14.5 Å². The SMILES string of the molecule is N#CC1CC2CC2N1C(=O)C(N)CN1C[C@@H]2CC1C(=O)N2c1ccccc1-c1nn[nH]n1. The highest BCUT2D eigenvalue weighted by atomic mass is 16.2. The number of nitrogens with zero attached hydrogens (tertiary/aromatic N) is 7. The number of hydrogen-bond acceptors (Lipinski definition) is 8. The molecule has 1 aromatic carbocycles. The number of amides is 2. The lowest BCUT2D eigenvalue weighted by Gasteiger charge is -2.36. The third kappa shape index (κ3) is 2.83. The molecule has 0 spiro atoms. The van der Waals surface area contributed by atoms with Crippen LogP contribution in [0.1, 0.15) is 19.3 Å². The van der Waals surface area contributed by atoms with Crippen molar-refractivity contribution in [2.45, 2.75) is 49.5 Å². The predicted molar refractivity (Wildman–Crippen MR) is 112 cm³/mol. The molecule has 2 amide bonds. The second-order valence-electron chi connectivity index (χ2n) is 9.12. The van der Waals surface area contributed by atoms with E-state index in [2.05, 4.69) is 26.7 Å². The fraction of sp³-hybridized carbons (Fsp3) is 0.524. The minimum absolute atomic E-state index is 0.00447. The Kier molecular flexibility index (Phi) is 4.28. The molecule has 1 aromatic heterocycles. The molecule has 2 aromatic rings. The van der Waals surface area contributed by atoms with Crippen LogP contribution in [-0.2, 0) is 9.59 Å². The zero-order valence-electron chi connectivity index (χ0n) is 17.3. The van der Waals surface area contributed by atoms with Gasteiger partial charge in [-0.2, -0.15) is 10.5 Å². The number of para-hydroxylation sites is 1. The van der Waals surface area contributed by atoms with E-state index in [9.17, 15) is 14.9 Å². The van der Waals surface area contributed by atoms with Gasteiger partial charge in [0.1, 0.15) is 6.04 Å². The summed E-state index contributed by atoms with van der Waals surface area (Å²) in [5, 5.41) is 23.6. The van der Waals surface area contributed by atoms with Crippen LogP contribution in [0, 0.1) is 17.2 Å². The average Bonchev–Trinajstić information content (AvgIpc) is 3.25. The Morgan fingerprint density at radius 1 is 1.31 bits per heavy atom. The van der Waals surface area contributed by atoms with E-state index in [1.807, 2.05) is 34.1 Å². The van der Waals surface area contributed by atoms with Gasteiger partial charge < -0.3 is 15.5 Å². The molecular weight excluding hydrogens is 410 g/mol. The van der Waals surface area contributed by atoms with Crippen molar-refractivity contribution in [2.24, 2.45) is 11.7 Å². The summed E-state index contributed by atoms with van der Waals surface area (Å²) in [5.74, 6) is 0.718. The number of benzene rings is 1. The van der Waals surface area contributed by atoms with Crippen molar-refractivity contribution in [1.82, 2.24) is 30.4 Å². The number of carbonyl (C=O) groups excluding carboxylic acids is 2. The summed E-state index contributed by atoms with van der Waals surface area (Å²) in [6.07, 6.45) is 2.41. The molecule has 5 unspecified atom stereocenters. The lowest BCUT2D eigenvalue weighted by Crippen LogP contribution is -2.57. The maximum Gasteiger partial charge on any atom is 0.244 e. The van der Waals surface area contributed by atoms with Gasteiger partial charge in [-0.25, -0.2) is 0 Å². The Hall–Kier alpha value is -3.36. The summed E-state index contributed by atoms with van der Waals surface area (Å²) in [5.41, 5.74) is 7.80. The fourth-order valence-electron chi connectivity index (χ4n) is 5.74. The number of nitrogens with one attached hydrogen (secondary N) is 1. The van der Waals surface area contributed by atoms with Crippen molar-refractivity contribution in [1.29, 1.82) is 5.26 Å². The van der Waals surface area contributed by atoms with Crippen molar-refractivity contribution in [3.05, 3.63) is 24.3 Å². The highest BCUT2D eigenvalue weighted by Gasteiger charge is 2.56. The van der Waals surface area contributed by atoms with Gasteiger partial charge in [-0.15, -0.1) is 10.2 Å². The second kappa shape index (κ2) is 7.08. The minimum atomic E-state index is -0.739. The molecule has 164 valence electrons. The van der Waals surface area contributed by atoms with E-state index in [0.29, 0.717) is 31.3 Å². The molecule has 3 saturated heterocycles. The maximum atomic E-state index is 13.3. The number of hydrogen-bond donors (Lipinski definition) is 2. The first-order chi connectivity index (χ1) is 15.6. The van der Waals surface area contributed by atoms with Crippen LogP contribution in [0.4, 0.5) is 5.69 Å². The number of carbonyl (C=O) groups is 2. The lowest BCUT2D eigenvalue weighted by atomic mass is 10.1. The maximum absolute atomic E-state index is 13.3. The predicted octanol–water partition coefficient (Wildman–Crippen LogP) is -0.504. The molecule has 4 fully saturated rings. The van der Waals surface area contributed by atoms with Crippen LogP contribution in [0.5, 0.6) is 0 Å². The number of piperazine rings is 1. The van der Waals surface area contributed by atoms with Crippen LogP contribution < -0.4 is 10.6 Å². The van der Waals surface area contributed by atoms with E-state index in [0.717, 1.165) is 24.1 Å². The van der Waals surface area contributed by atoms with E-state index in [-0.39, 0.29) is 36.0 Å². The number of aromatic nitrogens is 4. The van der Waals surface area contributed by atoms with Crippen molar-refractivity contribution in [3.63, 3.8) is 0 Å². The van der Waals surface area contributed by atoms with E-state index < -0.39 is 6.04 Å². The molecule has 3 aliphatic heterocycles. The van der Waals surface area contributed by atoms with Crippen LogP contribution >= 0.6 is 0 Å². The zero-order chi connectivity index (χ0) is 22.0. The molecule has 3 N–H and O–H groups in total. The number of aromatic amines is 1. The van der Waals surface area contributed by atoms with Crippen LogP contribution in [0.2, 0.25) is 0 Å². The molecule has 1 saturated carbocycles. The number of piperidine rings is 1. The Balaban J connectivity index is 1.17. The summed E-state index contributed by atoms with van der Waals surface area (Å²) >= 11 is 0. The zero-order valence-corrected chi connectivity index (χ0v) is 17.3. The molecule has 1 aliphatic carbocycles. The monoisotopic (exact) mass is 433 g/mol. The van der Waals surface area contributed by atoms with Gasteiger partial charge in [-0.1, -0.05) is 12.1 Å². The molecule has 6 atom stereocenters. The first kappa shape index (κ1) is 19.3. The van der Waals surface area contributed by atoms with E-state index >= 15 is 0 Å². The Morgan fingerprint density at radius 3 is 2.91 bits per heavy atom. The van der Waals surface area contributed by atoms with Crippen LogP contribution in [0.15, 0.2) is 24.3 Å². The van der Waals surface area contributed by atoms with Gasteiger partial charge in [0.2, 0.25) is 17.6 Å². The van der Waals surface area contributed by atoms with Gasteiger partial charge in [0, 0.05) is 24.7 Å². The minimum Gasteiger partial charge on any atom is -0.322 e. The molecule has 6 rings (SSSR count). The molecule has 0 radical (unpaired) electrons. The second-order valence-corrected chi connectivity index (χ2v) is 9.12. The largest absolute Gasteiger partial charge is 0.322 e. The molecule has 32 heavy (non-hydrogen) atoms. The Morgan fingerprint density at radius 2 is 2.16 bits per heavy atom. The first-order valence-electron chi connectivity index (χ1n) is 10.9. The number of fused-ring (bicyclic) bond motifs is 3. The number of anilines is 1. The third-order valence-corrected chi connectivity index (χ3v) is 7.28. The van der Waals surface area contributed by atoms with E-state index in [1.54, 1.807) is 4.90 Å². The highest BCUT2D eigenvalue weighted by Crippen LogP contribution is 2.48. The molecular formula is C21H23N9O2. The average molecular weight is 433 g/mol. The normalized spacial score (nSPS) is 31.6. The standard InChI is InChI=1S/C21H23N9O2/c22-8-12-5-11-6-17(11)29(12)20(31)15(23)10-28-9-13-7-18(28)21(32)30(13)16-4-2-1-3-14(16)19-24-26-27-25-19/h1-4,11-13,15,17-18H,5-7,9-10,23H2,(H,24,25,26,27)/t11?,12?,13-,15?,17?,18?/m0/s1. The molecule has 11 nitrogen and oxygen atoms in total. The lowest BCUT2D eigenvalue weighted by molar-refractivity contribution is -0.135.